The summed E-state index contributed by atoms with van der Waals surface area (Å²) in [7, 11) is 3.00. The van der Waals surface area contributed by atoms with E-state index < -0.39 is 5.97 Å². The van der Waals surface area contributed by atoms with Crippen molar-refractivity contribution >= 4 is 29.0 Å². The van der Waals surface area contributed by atoms with Gasteiger partial charge in [-0.25, -0.2) is 10.2 Å². The van der Waals surface area contributed by atoms with E-state index in [1.54, 1.807) is 42.5 Å². The molecular weight excluding hydrogens is 506 g/mol. The molecular formula is C32H27N3O5. The second-order valence-corrected chi connectivity index (χ2v) is 9.02. The van der Waals surface area contributed by atoms with Gasteiger partial charge < -0.3 is 19.2 Å². The number of rotatable bonds is 8. The highest BCUT2D eigenvalue weighted by atomic mass is 16.6. The summed E-state index contributed by atoms with van der Waals surface area (Å²) in [5.41, 5.74) is 7.71. The molecule has 8 heteroatoms. The van der Waals surface area contributed by atoms with Crippen molar-refractivity contribution in [2.45, 2.75) is 6.92 Å². The monoisotopic (exact) mass is 533 g/mol. The van der Waals surface area contributed by atoms with Crippen molar-refractivity contribution in [1.82, 2.24) is 10.4 Å². The summed E-state index contributed by atoms with van der Waals surface area (Å²) in [4.78, 5) is 29.1. The zero-order chi connectivity index (χ0) is 28.1. The molecule has 40 heavy (non-hydrogen) atoms. The highest BCUT2D eigenvalue weighted by Gasteiger charge is 2.19. The van der Waals surface area contributed by atoms with Crippen LogP contribution in [0.15, 0.2) is 96.1 Å². The van der Waals surface area contributed by atoms with Crippen LogP contribution in [-0.4, -0.2) is 37.3 Å². The van der Waals surface area contributed by atoms with Gasteiger partial charge in [-0.05, 0) is 66.6 Å². The number of hydrogen-bond acceptors (Lipinski definition) is 6. The predicted octanol–water partition coefficient (Wildman–Crippen LogP) is 6.14. The number of amides is 1. The van der Waals surface area contributed by atoms with Crippen molar-refractivity contribution in [3.63, 3.8) is 0 Å². The maximum atomic E-state index is 13.2. The second-order valence-electron chi connectivity index (χ2n) is 9.02. The Morgan fingerprint density at radius 1 is 0.850 bits per heavy atom. The third-order valence-corrected chi connectivity index (χ3v) is 6.32. The third kappa shape index (κ3) is 5.56. The Hall–Kier alpha value is -5.37. The fourth-order valence-electron chi connectivity index (χ4n) is 4.36. The lowest BCUT2D eigenvalue weighted by atomic mass is 10.0. The minimum atomic E-state index is -0.548. The van der Waals surface area contributed by atoms with Gasteiger partial charge in [0.05, 0.1) is 26.0 Å². The van der Waals surface area contributed by atoms with Gasteiger partial charge in [0.15, 0.2) is 11.5 Å². The van der Waals surface area contributed by atoms with Crippen molar-refractivity contribution in [2.24, 2.45) is 5.10 Å². The Bertz CT molecular complexity index is 1720. The van der Waals surface area contributed by atoms with Crippen molar-refractivity contribution < 1.29 is 23.8 Å². The first-order chi connectivity index (χ1) is 19.5. The van der Waals surface area contributed by atoms with E-state index in [1.807, 2.05) is 49.4 Å². The Morgan fingerprint density at radius 2 is 1.68 bits per heavy atom. The molecule has 0 saturated carbocycles. The molecule has 0 saturated heterocycles. The molecule has 0 fully saturated rings. The Morgan fingerprint density at radius 3 is 2.45 bits per heavy atom. The number of nitrogens with zero attached hydrogens (tertiary/aromatic N) is 1. The van der Waals surface area contributed by atoms with E-state index in [4.69, 9.17) is 14.2 Å². The number of aromatic nitrogens is 1. The summed E-state index contributed by atoms with van der Waals surface area (Å²) in [6.45, 7) is 2.02. The van der Waals surface area contributed by atoms with Crippen LogP contribution in [0.5, 0.6) is 17.2 Å². The number of carbonyl (C=O) groups excluding carboxylic acids is 2. The molecule has 2 N–H and O–H groups in total. The van der Waals surface area contributed by atoms with Crippen molar-refractivity contribution in [3.8, 4) is 28.4 Å². The first kappa shape index (κ1) is 26.2. The second kappa shape index (κ2) is 11.6. The molecule has 0 unspecified atom stereocenters. The number of carbonyl (C=O) groups is 2. The minimum absolute atomic E-state index is 0.248. The van der Waals surface area contributed by atoms with Crippen molar-refractivity contribution in [3.05, 3.63) is 113 Å². The van der Waals surface area contributed by atoms with Gasteiger partial charge in [0.25, 0.3) is 5.91 Å². The van der Waals surface area contributed by atoms with E-state index in [0.717, 1.165) is 27.6 Å². The molecule has 0 spiro atoms. The van der Waals surface area contributed by atoms with Crippen LogP contribution in [0.4, 0.5) is 0 Å². The highest BCUT2D eigenvalue weighted by molar-refractivity contribution is 6.10. The SMILES string of the molecule is COc1cccc(C(=O)Oc2ccc(C=NNC(=O)c3[nH]c4ccc(C)cc4c3-c3ccccc3)cc2OC)c1. The van der Waals surface area contributed by atoms with E-state index >= 15 is 0 Å². The number of hydrogen-bond donors (Lipinski definition) is 2. The topological polar surface area (TPSA) is 102 Å². The number of esters is 1. The van der Waals surface area contributed by atoms with Gasteiger partial charge in [-0.1, -0.05) is 48.0 Å². The number of hydrazone groups is 1. The van der Waals surface area contributed by atoms with Gasteiger partial charge in [0.2, 0.25) is 0 Å². The lowest BCUT2D eigenvalue weighted by molar-refractivity contribution is 0.0729. The van der Waals surface area contributed by atoms with Gasteiger partial charge >= 0.3 is 5.97 Å². The molecule has 0 atom stereocenters. The average Bonchev–Trinajstić information content (AvgIpc) is 3.37. The van der Waals surface area contributed by atoms with Crippen LogP contribution in [-0.2, 0) is 0 Å². The number of ether oxygens (including phenoxy) is 3. The number of benzene rings is 4. The molecule has 5 aromatic rings. The summed E-state index contributed by atoms with van der Waals surface area (Å²) < 4.78 is 16.1. The van der Waals surface area contributed by atoms with Crippen LogP contribution in [0.25, 0.3) is 22.0 Å². The molecule has 0 bridgehead atoms. The average molecular weight is 534 g/mol. The first-order valence-electron chi connectivity index (χ1n) is 12.5. The Kier molecular flexibility index (Phi) is 7.59. The lowest BCUT2D eigenvalue weighted by Gasteiger charge is -2.10. The predicted molar refractivity (Wildman–Crippen MR) is 154 cm³/mol. The molecule has 0 aliphatic carbocycles. The van der Waals surface area contributed by atoms with E-state index in [9.17, 15) is 9.59 Å². The highest BCUT2D eigenvalue weighted by Crippen LogP contribution is 2.33. The number of aromatic amines is 1. The van der Waals surface area contributed by atoms with E-state index in [-0.39, 0.29) is 11.7 Å². The molecule has 4 aromatic carbocycles. The van der Waals surface area contributed by atoms with Crippen LogP contribution in [0.1, 0.15) is 32.0 Å². The lowest BCUT2D eigenvalue weighted by Crippen LogP contribution is -2.18. The number of methoxy groups -OCH3 is 2. The van der Waals surface area contributed by atoms with Crippen molar-refractivity contribution in [1.29, 1.82) is 0 Å². The number of nitrogens with one attached hydrogen (secondary N) is 2. The van der Waals surface area contributed by atoms with Crippen LogP contribution < -0.4 is 19.6 Å². The fraction of sp³-hybridized carbons (Fsp3) is 0.0938. The van der Waals surface area contributed by atoms with Crippen LogP contribution >= 0.6 is 0 Å². The van der Waals surface area contributed by atoms with Gasteiger partial charge in [0, 0.05) is 16.5 Å². The van der Waals surface area contributed by atoms with Gasteiger partial charge in [-0.3, -0.25) is 4.79 Å². The first-order valence-corrected chi connectivity index (χ1v) is 12.5. The molecule has 8 nitrogen and oxygen atoms in total. The summed E-state index contributed by atoms with van der Waals surface area (Å²) >= 11 is 0. The summed E-state index contributed by atoms with van der Waals surface area (Å²) in [5, 5.41) is 5.11. The van der Waals surface area contributed by atoms with E-state index in [0.29, 0.717) is 28.3 Å². The third-order valence-electron chi connectivity index (χ3n) is 6.32. The van der Waals surface area contributed by atoms with Gasteiger partial charge in [0.1, 0.15) is 11.4 Å². The quantitative estimate of drug-likeness (QED) is 0.108. The van der Waals surface area contributed by atoms with Gasteiger partial charge in [-0.15, -0.1) is 0 Å². The minimum Gasteiger partial charge on any atom is -0.497 e. The summed E-state index contributed by atoms with van der Waals surface area (Å²) in [5.74, 6) is 0.211. The maximum absolute atomic E-state index is 13.2. The number of fused-ring (bicyclic) bond motifs is 1. The van der Waals surface area contributed by atoms with Crippen LogP contribution in [0.3, 0.4) is 0 Å². The molecule has 0 aliphatic heterocycles. The Labute approximate surface area is 231 Å². The van der Waals surface area contributed by atoms with E-state index in [2.05, 4.69) is 21.6 Å². The fourth-order valence-corrected chi connectivity index (χ4v) is 4.36. The smallest absolute Gasteiger partial charge is 0.343 e. The molecule has 1 heterocycles. The van der Waals surface area contributed by atoms with Crippen LogP contribution in [0.2, 0.25) is 0 Å². The summed E-state index contributed by atoms with van der Waals surface area (Å²) in [6, 6.07) is 27.4. The number of H-pyrrole nitrogens is 1. The largest absolute Gasteiger partial charge is 0.497 e. The normalized spacial score (nSPS) is 11.0. The number of aryl methyl sites for hydroxylation is 1. The van der Waals surface area contributed by atoms with Crippen molar-refractivity contribution in [2.75, 3.05) is 14.2 Å². The molecule has 1 aromatic heterocycles. The molecule has 0 radical (unpaired) electrons. The zero-order valence-corrected chi connectivity index (χ0v) is 22.2. The molecule has 1 amide bonds. The summed E-state index contributed by atoms with van der Waals surface area (Å²) in [6.07, 6.45) is 1.49. The van der Waals surface area contributed by atoms with Crippen LogP contribution in [0, 0.1) is 6.92 Å². The Balaban J connectivity index is 1.34. The molecule has 5 rings (SSSR count). The standard InChI is InChI=1S/C32H27N3O5/c1-20-12-14-26-25(16-20)29(22-8-5-4-6-9-22)30(34-26)31(36)35-33-19-21-13-15-27(28(17-21)39-3)40-32(37)23-10-7-11-24(18-23)38-2/h4-19,34H,1-3H3,(H,35,36). The molecule has 0 aliphatic rings. The van der Waals surface area contributed by atoms with Gasteiger partial charge in [-0.2, -0.15) is 5.10 Å². The zero-order valence-electron chi connectivity index (χ0n) is 22.2. The van der Waals surface area contributed by atoms with E-state index in [1.165, 1.54) is 20.4 Å². The maximum Gasteiger partial charge on any atom is 0.343 e. The molecule has 200 valence electrons.